The highest BCUT2D eigenvalue weighted by molar-refractivity contribution is 5.82. The van der Waals surface area contributed by atoms with Crippen LogP contribution in [0.4, 0.5) is 13.2 Å². The van der Waals surface area contributed by atoms with Crippen LogP contribution in [-0.2, 0) is 12.7 Å². The lowest BCUT2D eigenvalue weighted by Crippen LogP contribution is -3.00. The number of aliphatic hydroxyl groups excluding tert-OH is 1. The molecule has 0 radical (unpaired) electrons. The summed E-state index contributed by atoms with van der Waals surface area (Å²) in [6, 6.07) is 15.2. The number of alkyl halides is 3. The lowest BCUT2D eigenvalue weighted by molar-refractivity contribution is -0.984. The van der Waals surface area contributed by atoms with Crippen molar-refractivity contribution < 1.29 is 39.7 Å². The van der Waals surface area contributed by atoms with Gasteiger partial charge in [0, 0.05) is 35.9 Å². The Bertz CT molecular complexity index is 1160. The SMILES string of the molecule is C=C[C@@H]1C[N@+]2(Cc3ccc(C(F)(F)F)cc3)CC[C@H]1C[C@H]2[C@H](O)c1ccnc2ccccc12.[Br-]. The maximum absolute atomic E-state index is 13.1. The molecule has 0 amide bonds. The number of quaternary nitrogens is 1. The molecule has 4 heterocycles. The van der Waals surface area contributed by atoms with Crippen molar-refractivity contribution in [3.63, 3.8) is 0 Å². The van der Waals surface area contributed by atoms with Crippen LogP contribution in [0.15, 0.2) is 73.4 Å². The fourth-order valence-electron chi connectivity index (χ4n) is 6.13. The number of aromatic nitrogens is 1. The molecule has 1 aromatic heterocycles. The van der Waals surface area contributed by atoms with Crippen LogP contribution in [0.3, 0.4) is 0 Å². The standard InChI is InChI=1S/C27H28F3N2O.BrH/c1-2-19-17-32(16-18-7-9-21(10-8-18)27(28,29)30)14-12-20(19)15-25(32)26(33)23-11-13-31-24-6-4-3-5-22(23)24;/h2-11,13,19-20,25-26,33H,1,12,14-17H2;1H/q+1;/p-1/t19-,20+,25+,26-,32-;/m1./s1. The summed E-state index contributed by atoms with van der Waals surface area (Å²) in [5, 5.41) is 12.6. The number of pyridine rings is 1. The van der Waals surface area contributed by atoms with Crippen LogP contribution in [0.5, 0.6) is 0 Å². The smallest absolute Gasteiger partial charge is 0.416 e. The quantitative estimate of drug-likeness (QED) is 0.405. The number of benzene rings is 2. The van der Waals surface area contributed by atoms with Gasteiger partial charge in [0.05, 0.1) is 24.2 Å². The van der Waals surface area contributed by atoms with Gasteiger partial charge >= 0.3 is 6.18 Å². The number of halogens is 4. The topological polar surface area (TPSA) is 33.1 Å². The molecule has 0 saturated carbocycles. The van der Waals surface area contributed by atoms with Crippen molar-refractivity contribution >= 4 is 10.9 Å². The summed E-state index contributed by atoms with van der Waals surface area (Å²) in [4.78, 5) is 4.43. The first kappa shape index (κ1) is 24.9. The fourth-order valence-corrected chi connectivity index (χ4v) is 6.13. The molecule has 1 N–H and O–H groups in total. The Balaban J connectivity index is 0.00000274. The molecular formula is C27H28BrF3N2O. The monoisotopic (exact) mass is 532 g/mol. The number of hydrogen-bond acceptors (Lipinski definition) is 2. The summed E-state index contributed by atoms with van der Waals surface area (Å²) in [6.07, 6.45) is 0.648. The predicted octanol–water partition coefficient (Wildman–Crippen LogP) is 2.90. The van der Waals surface area contributed by atoms with Gasteiger partial charge in [0.15, 0.2) is 0 Å². The summed E-state index contributed by atoms with van der Waals surface area (Å²) >= 11 is 0. The van der Waals surface area contributed by atoms with E-state index in [4.69, 9.17) is 0 Å². The molecule has 6 rings (SSSR count). The van der Waals surface area contributed by atoms with Gasteiger partial charge < -0.3 is 26.6 Å². The minimum absolute atomic E-state index is 0. The lowest BCUT2D eigenvalue weighted by atomic mass is 9.71. The van der Waals surface area contributed by atoms with Crippen LogP contribution < -0.4 is 17.0 Å². The maximum atomic E-state index is 13.1. The van der Waals surface area contributed by atoms with E-state index < -0.39 is 17.8 Å². The van der Waals surface area contributed by atoms with E-state index >= 15 is 0 Å². The Hall–Kier alpha value is -2.22. The highest BCUT2D eigenvalue weighted by atomic mass is 79.9. The summed E-state index contributed by atoms with van der Waals surface area (Å²) in [5.41, 5.74) is 1.96. The van der Waals surface area contributed by atoms with Gasteiger partial charge in [0.1, 0.15) is 18.7 Å². The Morgan fingerprint density at radius 2 is 1.85 bits per heavy atom. The van der Waals surface area contributed by atoms with Crippen LogP contribution in [0.2, 0.25) is 0 Å². The van der Waals surface area contributed by atoms with Gasteiger partial charge in [-0.05, 0) is 35.7 Å². The molecule has 3 aliphatic heterocycles. The van der Waals surface area contributed by atoms with E-state index in [1.165, 1.54) is 0 Å². The average Bonchev–Trinajstić information content (AvgIpc) is 2.83. The number of rotatable bonds is 5. The van der Waals surface area contributed by atoms with Crippen molar-refractivity contribution in [2.45, 2.75) is 37.7 Å². The molecule has 3 nitrogen and oxygen atoms in total. The highest BCUT2D eigenvalue weighted by Gasteiger charge is 2.54. The van der Waals surface area contributed by atoms with Crippen molar-refractivity contribution in [1.82, 2.24) is 4.98 Å². The zero-order valence-corrected chi connectivity index (χ0v) is 20.3. The molecule has 0 unspecified atom stereocenters. The van der Waals surface area contributed by atoms with Crippen LogP contribution in [0.25, 0.3) is 10.9 Å². The Morgan fingerprint density at radius 1 is 1.12 bits per heavy atom. The van der Waals surface area contributed by atoms with Gasteiger partial charge in [0.2, 0.25) is 0 Å². The van der Waals surface area contributed by atoms with Gasteiger partial charge in [-0.3, -0.25) is 4.98 Å². The number of para-hydroxylation sites is 1. The number of piperidine rings is 3. The molecule has 3 saturated heterocycles. The third kappa shape index (κ3) is 4.41. The van der Waals surface area contributed by atoms with E-state index in [1.807, 2.05) is 36.4 Å². The normalized spacial score (nSPS) is 27.2. The van der Waals surface area contributed by atoms with Gasteiger partial charge in [0.25, 0.3) is 0 Å². The minimum atomic E-state index is -4.34. The van der Waals surface area contributed by atoms with E-state index in [0.29, 0.717) is 22.9 Å². The molecule has 2 aromatic carbocycles. The third-order valence-corrected chi connectivity index (χ3v) is 7.82. The molecule has 3 aromatic rings. The molecule has 180 valence electrons. The van der Waals surface area contributed by atoms with Crippen LogP contribution in [0.1, 0.15) is 35.6 Å². The van der Waals surface area contributed by atoms with E-state index in [2.05, 4.69) is 11.6 Å². The predicted molar refractivity (Wildman–Crippen MR) is 122 cm³/mol. The molecule has 3 aliphatic rings. The number of fused-ring (bicyclic) bond motifs is 4. The Kier molecular flexibility index (Phi) is 6.91. The first-order valence-corrected chi connectivity index (χ1v) is 11.5. The van der Waals surface area contributed by atoms with E-state index in [0.717, 1.165) is 60.1 Å². The first-order valence-electron chi connectivity index (χ1n) is 11.5. The largest absolute Gasteiger partial charge is 1.00 e. The molecule has 0 spiro atoms. The van der Waals surface area contributed by atoms with Gasteiger partial charge in [-0.2, -0.15) is 13.2 Å². The van der Waals surface area contributed by atoms with Crippen LogP contribution in [-0.4, -0.2) is 33.7 Å². The van der Waals surface area contributed by atoms with Crippen molar-refractivity contribution in [2.24, 2.45) is 11.8 Å². The Morgan fingerprint density at radius 3 is 2.56 bits per heavy atom. The second kappa shape index (κ2) is 9.44. The lowest BCUT2D eigenvalue weighted by Gasteiger charge is -2.58. The Labute approximate surface area is 208 Å². The zero-order valence-electron chi connectivity index (χ0n) is 18.8. The average molecular weight is 533 g/mol. The van der Waals surface area contributed by atoms with Crippen molar-refractivity contribution in [3.05, 3.63) is 90.1 Å². The highest BCUT2D eigenvalue weighted by Crippen LogP contribution is 2.48. The number of nitrogens with zero attached hydrogens (tertiary/aromatic N) is 2. The molecule has 3 fully saturated rings. The van der Waals surface area contributed by atoms with Crippen molar-refractivity contribution in [3.8, 4) is 0 Å². The number of aliphatic hydroxyl groups is 1. The second-order valence-electron chi connectivity index (χ2n) is 9.59. The van der Waals surface area contributed by atoms with Crippen LogP contribution in [0, 0.1) is 11.8 Å². The molecule has 5 atom stereocenters. The van der Waals surface area contributed by atoms with E-state index in [9.17, 15) is 18.3 Å². The maximum Gasteiger partial charge on any atom is 0.416 e. The molecule has 34 heavy (non-hydrogen) atoms. The van der Waals surface area contributed by atoms with Crippen molar-refractivity contribution in [1.29, 1.82) is 0 Å². The van der Waals surface area contributed by atoms with Gasteiger partial charge in [-0.25, -0.2) is 0 Å². The summed E-state index contributed by atoms with van der Waals surface area (Å²) in [6.45, 7) is 6.39. The summed E-state index contributed by atoms with van der Waals surface area (Å²) < 4.78 is 39.8. The van der Waals surface area contributed by atoms with E-state index in [-0.39, 0.29) is 23.0 Å². The second-order valence-corrected chi connectivity index (χ2v) is 9.59. The summed E-state index contributed by atoms with van der Waals surface area (Å²) in [7, 11) is 0. The van der Waals surface area contributed by atoms with Crippen molar-refractivity contribution in [2.75, 3.05) is 13.1 Å². The summed E-state index contributed by atoms with van der Waals surface area (Å²) in [5.74, 6) is 0.827. The number of hydrogen-bond donors (Lipinski definition) is 1. The van der Waals surface area contributed by atoms with E-state index in [1.54, 1.807) is 18.3 Å². The first-order chi connectivity index (χ1) is 15.8. The molecular weight excluding hydrogens is 505 g/mol. The minimum Gasteiger partial charge on any atom is -1.00 e. The fraction of sp³-hybridized carbons (Fsp3) is 0.370. The zero-order chi connectivity index (χ0) is 23.2. The molecule has 0 aliphatic carbocycles. The van der Waals surface area contributed by atoms with Gasteiger partial charge in [-0.15, -0.1) is 6.58 Å². The third-order valence-electron chi connectivity index (χ3n) is 7.82. The van der Waals surface area contributed by atoms with Gasteiger partial charge in [-0.1, -0.05) is 36.4 Å². The molecule has 7 heteroatoms. The molecule has 2 bridgehead atoms. The van der Waals surface area contributed by atoms with Crippen LogP contribution >= 0.6 is 0 Å².